The minimum absolute atomic E-state index is 0.547. The highest BCUT2D eigenvalue weighted by molar-refractivity contribution is 5.75. The quantitative estimate of drug-likeness (QED) is 0.554. The van der Waals surface area contributed by atoms with Crippen LogP contribution in [0, 0.1) is 13.8 Å². The number of aromatic nitrogens is 4. The van der Waals surface area contributed by atoms with Crippen molar-refractivity contribution in [2.75, 3.05) is 7.11 Å². The molecule has 0 bridgehead atoms. The third-order valence-electron chi connectivity index (χ3n) is 4.29. The van der Waals surface area contributed by atoms with Gasteiger partial charge in [-0.1, -0.05) is 0 Å². The lowest BCUT2D eigenvalue weighted by Gasteiger charge is -2.14. The molecular formula is C20H18N4O2. The van der Waals surface area contributed by atoms with Crippen LogP contribution in [0.25, 0.3) is 16.6 Å². The van der Waals surface area contributed by atoms with Crippen molar-refractivity contribution in [2.45, 2.75) is 13.8 Å². The monoisotopic (exact) mass is 346 g/mol. The van der Waals surface area contributed by atoms with E-state index in [1.165, 1.54) is 0 Å². The van der Waals surface area contributed by atoms with Crippen LogP contribution in [0.5, 0.6) is 17.4 Å². The molecule has 130 valence electrons. The van der Waals surface area contributed by atoms with Gasteiger partial charge in [-0.15, -0.1) is 0 Å². The summed E-state index contributed by atoms with van der Waals surface area (Å²) < 4.78 is 13.6. The second-order valence-corrected chi connectivity index (χ2v) is 5.99. The minimum Gasteiger partial charge on any atom is -0.496 e. The van der Waals surface area contributed by atoms with Crippen molar-refractivity contribution < 1.29 is 9.47 Å². The van der Waals surface area contributed by atoms with Crippen molar-refractivity contribution in [1.82, 2.24) is 19.6 Å². The van der Waals surface area contributed by atoms with Gasteiger partial charge in [0.25, 0.3) is 0 Å². The van der Waals surface area contributed by atoms with Gasteiger partial charge in [-0.25, -0.2) is 4.98 Å². The van der Waals surface area contributed by atoms with E-state index in [1.807, 2.05) is 61.0 Å². The van der Waals surface area contributed by atoms with Crippen molar-refractivity contribution in [1.29, 1.82) is 0 Å². The summed E-state index contributed by atoms with van der Waals surface area (Å²) in [5.74, 6) is 1.92. The van der Waals surface area contributed by atoms with Gasteiger partial charge >= 0.3 is 0 Å². The summed E-state index contributed by atoms with van der Waals surface area (Å²) in [6.07, 6.45) is 7.30. The standard InChI is InChI=1S/C20H18N4O2/c1-13-12-22-23-14(2)19(13)16-7-6-15(11-18(16)25-3)26-20-17-5-4-9-24(17)10-8-21-20/h4-12H,1-3H3. The van der Waals surface area contributed by atoms with Crippen LogP contribution in [0.15, 0.2) is 55.1 Å². The third-order valence-corrected chi connectivity index (χ3v) is 4.29. The smallest absolute Gasteiger partial charge is 0.243 e. The molecule has 0 atom stereocenters. The molecule has 3 heterocycles. The molecule has 0 aliphatic heterocycles. The number of nitrogens with zero attached hydrogens (tertiary/aromatic N) is 4. The number of aryl methyl sites for hydroxylation is 2. The minimum atomic E-state index is 0.547. The number of benzene rings is 1. The predicted octanol–water partition coefficient (Wildman–Crippen LogP) is 4.21. The van der Waals surface area contributed by atoms with Gasteiger partial charge in [-0.05, 0) is 43.7 Å². The highest BCUT2D eigenvalue weighted by Gasteiger charge is 2.14. The molecule has 0 aliphatic rings. The van der Waals surface area contributed by atoms with Crippen molar-refractivity contribution in [3.8, 4) is 28.5 Å². The Morgan fingerprint density at radius 2 is 1.96 bits per heavy atom. The maximum absolute atomic E-state index is 6.00. The predicted molar refractivity (Wildman–Crippen MR) is 98.8 cm³/mol. The van der Waals surface area contributed by atoms with E-state index < -0.39 is 0 Å². The summed E-state index contributed by atoms with van der Waals surface area (Å²) in [4.78, 5) is 4.34. The van der Waals surface area contributed by atoms with Gasteiger partial charge in [-0.2, -0.15) is 10.2 Å². The van der Waals surface area contributed by atoms with Crippen molar-refractivity contribution in [3.63, 3.8) is 0 Å². The molecule has 4 rings (SSSR count). The molecule has 3 aromatic heterocycles. The van der Waals surface area contributed by atoms with E-state index in [-0.39, 0.29) is 0 Å². The average molecular weight is 346 g/mol. The van der Waals surface area contributed by atoms with E-state index >= 15 is 0 Å². The van der Waals surface area contributed by atoms with Crippen LogP contribution in [-0.4, -0.2) is 26.7 Å². The van der Waals surface area contributed by atoms with Crippen LogP contribution in [0.3, 0.4) is 0 Å². The summed E-state index contributed by atoms with van der Waals surface area (Å²) in [6.45, 7) is 3.95. The number of methoxy groups -OCH3 is 1. The van der Waals surface area contributed by atoms with Crippen LogP contribution in [0.2, 0.25) is 0 Å². The Labute approximate surface area is 151 Å². The third kappa shape index (κ3) is 2.75. The van der Waals surface area contributed by atoms with E-state index in [2.05, 4.69) is 15.2 Å². The summed E-state index contributed by atoms with van der Waals surface area (Å²) in [6, 6.07) is 9.66. The lowest BCUT2D eigenvalue weighted by atomic mass is 9.99. The first-order valence-corrected chi connectivity index (χ1v) is 8.24. The van der Waals surface area contributed by atoms with Gasteiger partial charge in [0.1, 0.15) is 17.0 Å². The van der Waals surface area contributed by atoms with Crippen LogP contribution in [0.1, 0.15) is 11.3 Å². The number of hydrogen-bond acceptors (Lipinski definition) is 5. The van der Waals surface area contributed by atoms with Gasteiger partial charge < -0.3 is 13.9 Å². The van der Waals surface area contributed by atoms with Gasteiger partial charge in [0, 0.05) is 35.8 Å². The molecule has 0 spiro atoms. The number of rotatable bonds is 4. The topological polar surface area (TPSA) is 61.5 Å². The fourth-order valence-corrected chi connectivity index (χ4v) is 3.09. The molecule has 6 nitrogen and oxygen atoms in total. The largest absolute Gasteiger partial charge is 0.496 e. The average Bonchev–Trinajstić information content (AvgIpc) is 3.12. The lowest BCUT2D eigenvalue weighted by Crippen LogP contribution is -1.98. The molecule has 0 amide bonds. The molecule has 0 fully saturated rings. The van der Waals surface area contributed by atoms with Gasteiger partial charge in [0.15, 0.2) is 0 Å². The van der Waals surface area contributed by atoms with Crippen LogP contribution >= 0.6 is 0 Å². The van der Waals surface area contributed by atoms with E-state index in [0.29, 0.717) is 17.4 Å². The zero-order valence-electron chi connectivity index (χ0n) is 14.8. The van der Waals surface area contributed by atoms with E-state index in [9.17, 15) is 0 Å². The molecule has 0 saturated carbocycles. The normalized spacial score (nSPS) is 10.9. The van der Waals surface area contributed by atoms with Crippen LogP contribution in [0.4, 0.5) is 0 Å². The fourth-order valence-electron chi connectivity index (χ4n) is 3.09. The zero-order valence-corrected chi connectivity index (χ0v) is 14.8. The Balaban J connectivity index is 1.75. The number of fused-ring (bicyclic) bond motifs is 1. The summed E-state index contributed by atoms with van der Waals surface area (Å²) in [5, 5.41) is 8.16. The Bertz CT molecular complexity index is 1070. The van der Waals surface area contributed by atoms with Crippen LogP contribution in [-0.2, 0) is 0 Å². The molecule has 26 heavy (non-hydrogen) atoms. The Morgan fingerprint density at radius 1 is 1.08 bits per heavy atom. The van der Waals surface area contributed by atoms with Crippen molar-refractivity contribution >= 4 is 5.52 Å². The molecule has 0 radical (unpaired) electrons. The fraction of sp³-hybridized carbons (Fsp3) is 0.150. The summed E-state index contributed by atoms with van der Waals surface area (Å²) >= 11 is 0. The molecule has 4 aromatic rings. The highest BCUT2D eigenvalue weighted by atomic mass is 16.5. The first kappa shape index (κ1) is 16.1. The Hall–Kier alpha value is -3.41. The van der Waals surface area contributed by atoms with E-state index in [4.69, 9.17) is 9.47 Å². The first-order valence-electron chi connectivity index (χ1n) is 8.24. The van der Waals surface area contributed by atoms with Gasteiger partial charge in [0.05, 0.1) is 19.0 Å². The maximum Gasteiger partial charge on any atom is 0.243 e. The maximum atomic E-state index is 6.00. The second-order valence-electron chi connectivity index (χ2n) is 5.99. The second kappa shape index (κ2) is 6.48. The van der Waals surface area contributed by atoms with Crippen molar-refractivity contribution in [3.05, 3.63) is 66.4 Å². The molecule has 0 N–H and O–H groups in total. The van der Waals surface area contributed by atoms with Gasteiger partial charge in [0.2, 0.25) is 5.88 Å². The Kier molecular flexibility index (Phi) is 4.01. The first-order chi connectivity index (χ1) is 12.7. The molecule has 0 aliphatic carbocycles. The van der Waals surface area contributed by atoms with Crippen molar-refractivity contribution in [2.24, 2.45) is 0 Å². The van der Waals surface area contributed by atoms with E-state index in [0.717, 1.165) is 27.9 Å². The molecule has 6 heteroatoms. The molecule has 0 saturated heterocycles. The van der Waals surface area contributed by atoms with Gasteiger partial charge in [-0.3, -0.25) is 0 Å². The number of hydrogen-bond donors (Lipinski definition) is 0. The molecule has 1 aromatic carbocycles. The molecule has 0 unspecified atom stereocenters. The van der Waals surface area contributed by atoms with Crippen LogP contribution < -0.4 is 9.47 Å². The zero-order chi connectivity index (χ0) is 18.1. The molecular weight excluding hydrogens is 328 g/mol. The lowest BCUT2D eigenvalue weighted by molar-refractivity contribution is 0.409. The Morgan fingerprint density at radius 3 is 2.77 bits per heavy atom. The summed E-state index contributed by atoms with van der Waals surface area (Å²) in [5.41, 5.74) is 4.79. The van der Waals surface area contributed by atoms with E-state index in [1.54, 1.807) is 19.5 Å². The highest BCUT2D eigenvalue weighted by Crippen LogP contribution is 2.37. The number of ether oxygens (including phenoxy) is 2. The summed E-state index contributed by atoms with van der Waals surface area (Å²) in [7, 11) is 1.65. The SMILES string of the molecule is COc1cc(Oc2nccn3cccc23)ccc1-c1c(C)cnnc1C.